The summed E-state index contributed by atoms with van der Waals surface area (Å²) in [5.74, 6) is 0.917. The summed E-state index contributed by atoms with van der Waals surface area (Å²) < 4.78 is 0.832. The van der Waals surface area contributed by atoms with E-state index in [1.807, 2.05) is 30.1 Å². The number of aliphatic hydroxyl groups is 1. The summed E-state index contributed by atoms with van der Waals surface area (Å²) in [6.45, 7) is 2.60. The van der Waals surface area contributed by atoms with Crippen LogP contribution in [0, 0.1) is 0 Å². The van der Waals surface area contributed by atoms with Crippen molar-refractivity contribution in [3.05, 3.63) is 22.8 Å². The standard InChI is InChI=1S/C10H15BrN2O/c1-8(14)6-7-13(2)10-5-3-4-9(11)12-10/h3-5,8,14H,6-7H2,1-2H3. The van der Waals surface area contributed by atoms with Crippen molar-refractivity contribution in [2.75, 3.05) is 18.5 Å². The van der Waals surface area contributed by atoms with Crippen LogP contribution in [0.25, 0.3) is 0 Å². The predicted octanol–water partition coefficient (Wildman–Crippen LogP) is 2.05. The molecule has 1 aromatic heterocycles. The molecule has 0 amide bonds. The van der Waals surface area contributed by atoms with Crippen molar-refractivity contribution in [3.63, 3.8) is 0 Å². The Kier molecular flexibility index (Phi) is 4.35. The highest BCUT2D eigenvalue weighted by molar-refractivity contribution is 9.10. The maximum absolute atomic E-state index is 9.15. The number of aliphatic hydroxyl groups excluding tert-OH is 1. The topological polar surface area (TPSA) is 36.4 Å². The third-order valence-corrected chi connectivity index (χ3v) is 2.42. The average Bonchev–Trinajstić information content (AvgIpc) is 2.14. The van der Waals surface area contributed by atoms with E-state index >= 15 is 0 Å². The lowest BCUT2D eigenvalue weighted by Crippen LogP contribution is -2.22. The van der Waals surface area contributed by atoms with E-state index in [1.54, 1.807) is 6.92 Å². The van der Waals surface area contributed by atoms with Crippen LogP contribution in [0.1, 0.15) is 13.3 Å². The predicted molar refractivity (Wildman–Crippen MR) is 61.5 cm³/mol. The maximum atomic E-state index is 9.15. The molecule has 0 aliphatic carbocycles. The van der Waals surface area contributed by atoms with Gasteiger partial charge in [0.25, 0.3) is 0 Å². The van der Waals surface area contributed by atoms with E-state index in [0.29, 0.717) is 0 Å². The lowest BCUT2D eigenvalue weighted by atomic mass is 10.3. The fraction of sp³-hybridized carbons (Fsp3) is 0.500. The molecule has 0 saturated heterocycles. The zero-order valence-electron chi connectivity index (χ0n) is 8.44. The Morgan fingerprint density at radius 3 is 2.86 bits per heavy atom. The lowest BCUT2D eigenvalue weighted by Gasteiger charge is -2.18. The second-order valence-corrected chi connectivity index (χ2v) is 4.19. The molecule has 1 heterocycles. The zero-order chi connectivity index (χ0) is 10.6. The van der Waals surface area contributed by atoms with Crippen molar-refractivity contribution in [3.8, 4) is 0 Å². The fourth-order valence-corrected chi connectivity index (χ4v) is 1.44. The van der Waals surface area contributed by atoms with Crippen molar-refractivity contribution in [2.24, 2.45) is 0 Å². The zero-order valence-corrected chi connectivity index (χ0v) is 10.0. The van der Waals surface area contributed by atoms with Gasteiger partial charge in [-0.1, -0.05) is 6.07 Å². The summed E-state index contributed by atoms with van der Waals surface area (Å²) in [5.41, 5.74) is 0. The maximum Gasteiger partial charge on any atom is 0.129 e. The molecule has 3 nitrogen and oxygen atoms in total. The number of anilines is 1. The quantitative estimate of drug-likeness (QED) is 0.841. The number of rotatable bonds is 4. The molecule has 0 saturated carbocycles. The number of pyridine rings is 1. The highest BCUT2D eigenvalue weighted by atomic mass is 79.9. The molecule has 0 aliphatic heterocycles. The Morgan fingerprint density at radius 2 is 2.29 bits per heavy atom. The SMILES string of the molecule is CC(O)CCN(C)c1cccc(Br)n1. The molecular formula is C10H15BrN2O. The first-order valence-corrected chi connectivity index (χ1v) is 5.40. The van der Waals surface area contributed by atoms with E-state index in [2.05, 4.69) is 20.9 Å². The van der Waals surface area contributed by atoms with Crippen molar-refractivity contribution in [1.29, 1.82) is 0 Å². The minimum Gasteiger partial charge on any atom is -0.393 e. The summed E-state index contributed by atoms with van der Waals surface area (Å²) in [6, 6.07) is 5.80. The molecule has 14 heavy (non-hydrogen) atoms. The van der Waals surface area contributed by atoms with Gasteiger partial charge in [-0.25, -0.2) is 4.98 Å². The van der Waals surface area contributed by atoms with E-state index in [4.69, 9.17) is 5.11 Å². The van der Waals surface area contributed by atoms with Gasteiger partial charge < -0.3 is 10.0 Å². The molecule has 1 rings (SSSR count). The summed E-state index contributed by atoms with van der Waals surface area (Å²) in [4.78, 5) is 6.34. The largest absolute Gasteiger partial charge is 0.393 e. The molecule has 0 aromatic carbocycles. The van der Waals surface area contributed by atoms with E-state index in [9.17, 15) is 0 Å². The van der Waals surface area contributed by atoms with Gasteiger partial charge in [-0.05, 0) is 41.4 Å². The number of halogens is 1. The van der Waals surface area contributed by atoms with Gasteiger partial charge in [0.2, 0.25) is 0 Å². The van der Waals surface area contributed by atoms with Crippen LogP contribution in [0.15, 0.2) is 22.8 Å². The van der Waals surface area contributed by atoms with Gasteiger partial charge in [0.15, 0.2) is 0 Å². The normalized spacial score (nSPS) is 12.6. The van der Waals surface area contributed by atoms with E-state index < -0.39 is 0 Å². The third kappa shape index (κ3) is 3.64. The van der Waals surface area contributed by atoms with E-state index in [1.165, 1.54) is 0 Å². The van der Waals surface area contributed by atoms with Crippen LogP contribution >= 0.6 is 15.9 Å². The molecule has 0 radical (unpaired) electrons. The first-order valence-electron chi connectivity index (χ1n) is 4.61. The van der Waals surface area contributed by atoms with Crippen LogP contribution in [0.4, 0.5) is 5.82 Å². The van der Waals surface area contributed by atoms with Crippen LogP contribution in [-0.4, -0.2) is 29.8 Å². The third-order valence-electron chi connectivity index (χ3n) is 1.97. The second kappa shape index (κ2) is 5.32. The monoisotopic (exact) mass is 258 g/mol. The molecule has 0 fully saturated rings. The second-order valence-electron chi connectivity index (χ2n) is 3.38. The summed E-state index contributed by atoms with van der Waals surface area (Å²) in [5, 5.41) is 9.15. The minimum atomic E-state index is -0.260. The number of hydrogen-bond acceptors (Lipinski definition) is 3. The Labute approximate surface area is 92.9 Å². The van der Waals surface area contributed by atoms with Gasteiger partial charge in [0.1, 0.15) is 10.4 Å². The molecule has 1 N–H and O–H groups in total. The Hall–Kier alpha value is -0.610. The Morgan fingerprint density at radius 1 is 1.57 bits per heavy atom. The fourth-order valence-electron chi connectivity index (χ4n) is 1.11. The van der Waals surface area contributed by atoms with Crippen molar-refractivity contribution >= 4 is 21.7 Å². The van der Waals surface area contributed by atoms with Crippen LogP contribution < -0.4 is 4.90 Å². The van der Waals surface area contributed by atoms with Crippen molar-refractivity contribution < 1.29 is 5.11 Å². The Balaban J connectivity index is 2.56. The molecule has 0 spiro atoms. The van der Waals surface area contributed by atoms with Crippen LogP contribution in [0.2, 0.25) is 0 Å². The van der Waals surface area contributed by atoms with E-state index in [0.717, 1.165) is 23.4 Å². The van der Waals surface area contributed by atoms with E-state index in [-0.39, 0.29) is 6.10 Å². The first kappa shape index (κ1) is 11.5. The molecular weight excluding hydrogens is 244 g/mol. The minimum absolute atomic E-state index is 0.260. The van der Waals surface area contributed by atoms with Gasteiger partial charge in [0, 0.05) is 13.6 Å². The van der Waals surface area contributed by atoms with Crippen LogP contribution in [0.3, 0.4) is 0 Å². The first-order chi connectivity index (χ1) is 6.59. The van der Waals surface area contributed by atoms with Gasteiger partial charge in [0.05, 0.1) is 6.10 Å². The summed E-state index contributed by atoms with van der Waals surface area (Å²) in [6.07, 6.45) is 0.495. The number of aromatic nitrogens is 1. The van der Waals surface area contributed by atoms with Crippen molar-refractivity contribution in [1.82, 2.24) is 4.98 Å². The molecule has 1 unspecified atom stereocenters. The van der Waals surface area contributed by atoms with Gasteiger partial charge in [-0.3, -0.25) is 0 Å². The summed E-state index contributed by atoms with van der Waals surface area (Å²) in [7, 11) is 1.97. The van der Waals surface area contributed by atoms with Gasteiger partial charge in [-0.15, -0.1) is 0 Å². The van der Waals surface area contributed by atoms with Crippen molar-refractivity contribution in [2.45, 2.75) is 19.4 Å². The molecule has 78 valence electrons. The molecule has 0 aliphatic rings. The lowest BCUT2D eigenvalue weighted by molar-refractivity contribution is 0.187. The highest BCUT2D eigenvalue weighted by Crippen LogP contribution is 2.13. The van der Waals surface area contributed by atoms with Gasteiger partial charge in [-0.2, -0.15) is 0 Å². The smallest absolute Gasteiger partial charge is 0.129 e. The average molecular weight is 259 g/mol. The molecule has 0 bridgehead atoms. The molecule has 1 atom stereocenters. The van der Waals surface area contributed by atoms with Crippen LogP contribution in [0.5, 0.6) is 0 Å². The molecule has 4 heteroatoms. The highest BCUT2D eigenvalue weighted by Gasteiger charge is 2.04. The molecule has 1 aromatic rings. The summed E-state index contributed by atoms with van der Waals surface area (Å²) >= 11 is 3.32. The van der Waals surface area contributed by atoms with Gasteiger partial charge >= 0.3 is 0 Å². The Bertz CT molecular complexity index is 291. The van der Waals surface area contributed by atoms with Crippen LogP contribution in [-0.2, 0) is 0 Å². The number of nitrogens with zero attached hydrogens (tertiary/aromatic N) is 2. The number of hydrogen-bond donors (Lipinski definition) is 1.